The molecule has 1 atom stereocenters. The van der Waals surface area contributed by atoms with Crippen molar-refractivity contribution in [1.82, 2.24) is 5.32 Å². The monoisotopic (exact) mass is 332 g/mol. The van der Waals surface area contributed by atoms with Crippen LogP contribution in [0, 0.1) is 0 Å². The Hall–Kier alpha value is -1.88. The summed E-state index contributed by atoms with van der Waals surface area (Å²) >= 11 is 3.44. The first kappa shape index (κ1) is 13.1. The van der Waals surface area contributed by atoms with Gasteiger partial charge in [-0.15, -0.1) is 0 Å². The van der Waals surface area contributed by atoms with Gasteiger partial charge in [0.1, 0.15) is 12.6 Å². The predicted molar refractivity (Wildman–Crippen MR) is 81.6 cm³/mol. The van der Waals surface area contributed by atoms with Gasteiger partial charge in [0.05, 0.1) is 0 Å². The number of amides is 2. The molecule has 0 aromatic heterocycles. The van der Waals surface area contributed by atoms with Gasteiger partial charge < -0.3 is 10.2 Å². The highest BCUT2D eigenvalue weighted by Crippen LogP contribution is 2.26. The third-order valence-electron chi connectivity index (χ3n) is 3.41. The highest BCUT2D eigenvalue weighted by molar-refractivity contribution is 9.10. The molecule has 1 saturated heterocycles. The minimum atomic E-state index is -0.475. The molecular formula is C15H13BrN2O2. The lowest BCUT2D eigenvalue weighted by Gasteiger charge is -2.31. The number of fused-ring (bicyclic) bond motifs is 1. The van der Waals surface area contributed by atoms with E-state index in [0.29, 0.717) is 0 Å². The molecule has 2 aromatic rings. The van der Waals surface area contributed by atoms with Crippen molar-refractivity contribution in [1.29, 1.82) is 0 Å². The molecule has 2 aromatic carbocycles. The maximum Gasteiger partial charge on any atom is 0.249 e. The van der Waals surface area contributed by atoms with E-state index >= 15 is 0 Å². The van der Waals surface area contributed by atoms with Crippen molar-refractivity contribution in [3.63, 3.8) is 0 Å². The second-order valence-electron chi connectivity index (χ2n) is 4.89. The first-order chi connectivity index (χ1) is 9.54. The molecule has 0 spiro atoms. The molecule has 1 aliphatic heterocycles. The highest BCUT2D eigenvalue weighted by Gasteiger charge is 2.30. The number of benzene rings is 2. The Balaban J connectivity index is 2.03. The Morgan fingerprint density at radius 2 is 1.85 bits per heavy atom. The van der Waals surface area contributed by atoms with E-state index in [9.17, 15) is 9.59 Å². The van der Waals surface area contributed by atoms with Gasteiger partial charge >= 0.3 is 0 Å². The van der Waals surface area contributed by atoms with Gasteiger partial charge in [-0.25, -0.2) is 0 Å². The Kier molecular flexibility index (Phi) is 3.22. The van der Waals surface area contributed by atoms with E-state index in [4.69, 9.17) is 0 Å². The van der Waals surface area contributed by atoms with Crippen LogP contribution >= 0.6 is 15.9 Å². The SMILES string of the molecule is CC1NC(=O)CN(c2ccc3cc(Br)ccc3c2)C1=O. The molecule has 0 aliphatic carbocycles. The Labute approximate surface area is 124 Å². The first-order valence-electron chi connectivity index (χ1n) is 6.34. The molecule has 1 fully saturated rings. The first-order valence-corrected chi connectivity index (χ1v) is 7.14. The van der Waals surface area contributed by atoms with Crippen LogP contribution in [0.5, 0.6) is 0 Å². The second-order valence-corrected chi connectivity index (χ2v) is 5.81. The molecule has 5 heteroatoms. The average Bonchev–Trinajstić information content (AvgIpc) is 2.42. The Morgan fingerprint density at radius 1 is 1.15 bits per heavy atom. The zero-order valence-corrected chi connectivity index (χ0v) is 12.5. The molecule has 1 aliphatic rings. The molecule has 0 bridgehead atoms. The fraction of sp³-hybridized carbons (Fsp3) is 0.200. The lowest BCUT2D eigenvalue weighted by molar-refractivity contribution is -0.130. The molecule has 3 rings (SSSR count). The van der Waals surface area contributed by atoms with E-state index in [1.807, 2.05) is 36.4 Å². The number of rotatable bonds is 1. The van der Waals surface area contributed by atoms with Crippen LogP contribution < -0.4 is 10.2 Å². The summed E-state index contributed by atoms with van der Waals surface area (Å²) in [6.45, 7) is 1.77. The fourth-order valence-corrected chi connectivity index (χ4v) is 2.77. The average molecular weight is 333 g/mol. The fourth-order valence-electron chi connectivity index (χ4n) is 2.39. The van der Waals surface area contributed by atoms with E-state index in [2.05, 4.69) is 21.2 Å². The normalized spacial score (nSPS) is 19.3. The maximum atomic E-state index is 12.2. The molecule has 20 heavy (non-hydrogen) atoms. The van der Waals surface area contributed by atoms with Gasteiger partial charge in [-0.2, -0.15) is 0 Å². The summed E-state index contributed by atoms with van der Waals surface area (Å²) in [4.78, 5) is 25.3. The highest BCUT2D eigenvalue weighted by atomic mass is 79.9. The van der Waals surface area contributed by atoms with Crippen molar-refractivity contribution in [2.45, 2.75) is 13.0 Å². The molecule has 1 unspecified atom stereocenters. The molecular weight excluding hydrogens is 320 g/mol. The standard InChI is InChI=1S/C15H13BrN2O2/c1-9-15(20)18(8-14(19)17-9)13-5-3-10-6-12(16)4-2-11(10)7-13/h2-7,9H,8H2,1H3,(H,17,19). The van der Waals surface area contributed by atoms with Gasteiger partial charge in [0, 0.05) is 10.2 Å². The van der Waals surface area contributed by atoms with Crippen molar-refractivity contribution in [3.8, 4) is 0 Å². The van der Waals surface area contributed by atoms with Crippen molar-refractivity contribution >= 4 is 44.2 Å². The van der Waals surface area contributed by atoms with E-state index in [0.717, 1.165) is 20.9 Å². The number of anilines is 1. The number of hydrogen-bond acceptors (Lipinski definition) is 2. The van der Waals surface area contributed by atoms with Crippen molar-refractivity contribution in [3.05, 3.63) is 40.9 Å². The quantitative estimate of drug-likeness (QED) is 0.872. The van der Waals surface area contributed by atoms with Gasteiger partial charge in [-0.3, -0.25) is 9.59 Å². The van der Waals surface area contributed by atoms with Gasteiger partial charge in [-0.1, -0.05) is 28.1 Å². The molecule has 0 saturated carbocycles. The number of carbonyl (C=O) groups excluding carboxylic acids is 2. The summed E-state index contributed by atoms with van der Waals surface area (Å²) in [5, 5.41) is 4.76. The largest absolute Gasteiger partial charge is 0.343 e. The van der Waals surface area contributed by atoms with E-state index in [1.54, 1.807) is 6.92 Å². The number of hydrogen-bond donors (Lipinski definition) is 1. The number of carbonyl (C=O) groups is 2. The van der Waals surface area contributed by atoms with Crippen LogP contribution in [0.15, 0.2) is 40.9 Å². The number of nitrogens with zero attached hydrogens (tertiary/aromatic N) is 1. The maximum absolute atomic E-state index is 12.2. The molecule has 102 valence electrons. The predicted octanol–water partition coefficient (Wildman–Crippen LogP) is 2.45. The van der Waals surface area contributed by atoms with Gasteiger partial charge in [-0.05, 0) is 42.0 Å². The topological polar surface area (TPSA) is 49.4 Å². The second kappa shape index (κ2) is 4.90. The van der Waals surface area contributed by atoms with Crippen LogP contribution in [-0.4, -0.2) is 24.4 Å². The third-order valence-corrected chi connectivity index (χ3v) is 3.91. The molecule has 1 heterocycles. The van der Waals surface area contributed by atoms with Crippen molar-refractivity contribution in [2.24, 2.45) is 0 Å². The van der Waals surface area contributed by atoms with E-state index in [-0.39, 0.29) is 18.4 Å². The van der Waals surface area contributed by atoms with Crippen LogP contribution in [-0.2, 0) is 9.59 Å². The van der Waals surface area contributed by atoms with Crippen LogP contribution in [0.25, 0.3) is 10.8 Å². The summed E-state index contributed by atoms with van der Waals surface area (Å²) < 4.78 is 1.01. The molecule has 1 N–H and O–H groups in total. The summed E-state index contributed by atoms with van der Waals surface area (Å²) in [5.41, 5.74) is 0.756. The number of piperazine rings is 1. The number of nitrogens with one attached hydrogen (secondary N) is 1. The van der Waals surface area contributed by atoms with Crippen LogP contribution in [0.3, 0.4) is 0 Å². The Bertz CT molecular complexity index is 714. The summed E-state index contributed by atoms with van der Waals surface area (Å²) in [6.07, 6.45) is 0. The molecule has 0 radical (unpaired) electrons. The lowest BCUT2D eigenvalue weighted by Crippen LogP contribution is -2.57. The minimum Gasteiger partial charge on any atom is -0.343 e. The summed E-state index contributed by atoms with van der Waals surface area (Å²) in [6, 6.07) is 11.3. The third kappa shape index (κ3) is 2.29. The van der Waals surface area contributed by atoms with Crippen LogP contribution in [0.4, 0.5) is 5.69 Å². The number of halogens is 1. The van der Waals surface area contributed by atoms with E-state index < -0.39 is 6.04 Å². The minimum absolute atomic E-state index is 0.0746. The Morgan fingerprint density at radius 3 is 2.65 bits per heavy atom. The lowest BCUT2D eigenvalue weighted by atomic mass is 10.1. The van der Waals surface area contributed by atoms with Gasteiger partial charge in [0.2, 0.25) is 11.8 Å². The van der Waals surface area contributed by atoms with Crippen LogP contribution in [0.2, 0.25) is 0 Å². The molecule has 2 amide bonds. The van der Waals surface area contributed by atoms with Gasteiger partial charge in [0.25, 0.3) is 0 Å². The summed E-state index contributed by atoms with van der Waals surface area (Å²) in [5.74, 6) is -0.214. The zero-order valence-electron chi connectivity index (χ0n) is 10.9. The van der Waals surface area contributed by atoms with Crippen molar-refractivity contribution < 1.29 is 9.59 Å². The zero-order chi connectivity index (χ0) is 14.3. The van der Waals surface area contributed by atoms with Crippen LogP contribution in [0.1, 0.15) is 6.92 Å². The molecule has 4 nitrogen and oxygen atoms in total. The van der Waals surface area contributed by atoms with E-state index in [1.165, 1.54) is 4.90 Å². The van der Waals surface area contributed by atoms with Crippen molar-refractivity contribution in [2.75, 3.05) is 11.4 Å². The van der Waals surface area contributed by atoms with Gasteiger partial charge in [0.15, 0.2) is 0 Å². The summed E-state index contributed by atoms with van der Waals surface area (Å²) in [7, 11) is 0. The smallest absolute Gasteiger partial charge is 0.249 e.